The van der Waals surface area contributed by atoms with E-state index in [1.54, 1.807) is 11.3 Å². The summed E-state index contributed by atoms with van der Waals surface area (Å²) < 4.78 is 0. The van der Waals surface area contributed by atoms with Gasteiger partial charge in [-0.1, -0.05) is 33.3 Å². The molecule has 3 atom stereocenters. The Bertz CT molecular complexity index is 416. The first-order valence-electron chi connectivity index (χ1n) is 6.51. The highest BCUT2D eigenvalue weighted by Gasteiger charge is 2.27. The quantitative estimate of drug-likeness (QED) is 0.808. The number of carbonyl (C=O) groups is 2. The number of amides is 1. The number of aliphatic carboxylic acids is 1. The van der Waals surface area contributed by atoms with Gasteiger partial charge in [-0.25, -0.2) is 4.79 Å². The number of carbonyl (C=O) groups excluding carboxylic acids is 1. The van der Waals surface area contributed by atoms with E-state index in [2.05, 4.69) is 5.32 Å². The van der Waals surface area contributed by atoms with Crippen LogP contribution in [-0.2, 0) is 16.0 Å². The molecule has 1 aromatic heterocycles. The molecule has 0 saturated heterocycles. The van der Waals surface area contributed by atoms with Gasteiger partial charge in [-0.15, -0.1) is 11.3 Å². The lowest BCUT2D eigenvalue weighted by molar-refractivity contribution is -0.143. The average molecular weight is 283 g/mol. The van der Waals surface area contributed by atoms with Gasteiger partial charge in [0.15, 0.2) is 0 Å². The van der Waals surface area contributed by atoms with Gasteiger partial charge >= 0.3 is 5.97 Å². The van der Waals surface area contributed by atoms with E-state index < -0.39 is 12.0 Å². The largest absolute Gasteiger partial charge is 0.480 e. The van der Waals surface area contributed by atoms with Crippen molar-refractivity contribution in [2.45, 2.75) is 39.7 Å². The van der Waals surface area contributed by atoms with Crippen molar-refractivity contribution in [3.05, 3.63) is 22.4 Å². The summed E-state index contributed by atoms with van der Waals surface area (Å²) in [6, 6.07) is 3.13. The number of rotatable bonds is 7. The molecule has 0 aliphatic carbocycles. The molecule has 2 N–H and O–H groups in total. The third-order valence-corrected chi connectivity index (χ3v) is 4.21. The number of carboxylic acid groups (broad SMARTS) is 1. The summed E-state index contributed by atoms with van der Waals surface area (Å²) in [5.41, 5.74) is 0. The van der Waals surface area contributed by atoms with Gasteiger partial charge in [-0.3, -0.25) is 4.79 Å². The van der Waals surface area contributed by atoms with Crippen LogP contribution in [0.15, 0.2) is 17.5 Å². The van der Waals surface area contributed by atoms with E-state index in [-0.39, 0.29) is 17.7 Å². The summed E-state index contributed by atoms with van der Waals surface area (Å²) in [4.78, 5) is 24.3. The molecule has 1 rings (SSSR count). The minimum absolute atomic E-state index is 0.0737. The van der Waals surface area contributed by atoms with Crippen LogP contribution in [0.3, 0.4) is 0 Å². The zero-order chi connectivity index (χ0) is 14.4. The second-order valence-corrected chi connectivity index (χ2v) is 5.93. The fraction of sp³-hybridized carbons (Fsp3) is 0.571. The Balaban J connectivity index is 2.58. The van der Waals surface area contributed by atoms with E-state index in [1.807, 2.05) is 38.3 Å². The molecule has 1 heterocycles. The Morgan fingerprint density at radius 3 is 2.58 bits per heavy atom. The zero-order valence-corrected chi connectivity index (χ0v) is 12.4. The van der Waals surface area contributed by atoms with Crippen molar-refractivity contribution in [2.24, 2.45) is 11.8 Å². The van der Waals surface area contributed by atoms with Gasteiger partial charge in [-0.2, -0.15) is 0 Å². The maximum Gasteiger partial charge on any atom is 0.326 e. The van der Waals surface area contributed by atoms with E-state index in [1.165, 1.54) is 0 Å². The minimum atomic E-state index is -0.967. The Morgan fingerprint density at radius 2 is 2.11 bits per heavy atom. The Morgan fingerprint density at radius 1 is 1.42 bits per heavy atom. The van der Waals surface area contributed by atoms with Crippen molar-refractivity contribution >= 4 is 23.2 Å². The Labute approximate surface area is 117 Å². The lowest BCUT2D eigenvalue weighted by Gasteiger charge is -2.22. The Kier molecular flexibility index (Phi) is 6.02. The van der Waals surface area contributed by atoms with Crippen LogP contribution in [0.2, 0.25) is 0 Å². The lowest BCUT2D eigenvalue weighted by Crippen LogP contribution is -2.47. The summed E-state index contributed by atoms with van der Waals surface area (Å²) >= 11 is 1.61. The Hall–Kier alpha value is -1.36. The van der Waals surface area contributed by atoms with E-state index in [0.29, 0.717) is 6.42 Å². The average Bonchev–Trinajstić information content (AvgIpc) is 2.86. The van der Waals surface area contributed by atoms with E-state index in [0.717, 1.165) is 11.3 Å². The van der Waals surface area contributed by atoms with Crippen LogP contribution in [0.1, 0.15) is 32.1 Å². The van der Waals surface area contributed by atoms with Crippen LogP contribution >= 0.6 is 11.3 Å². The lowest BCUT2D eigenvalue weighted by atomic mass is 9.97. The molecule has 0 aliphatic heterocycles. The van der Waals surface area contributed by atoms with Crippen LogP contribution in [0, 0.1) is 11.8 Å². The number of carboxylic acids is 1. The number of nitrogens with one attached hydrogen (secondary N) is 1. The molecule has 0 aromatic carbocycles. The van der Waals surface area contributed by atoms with Crippen LogP contribution in [-0.4, -0.2) is 23.0 Å². The summed E-state index contributed by atoms with van der Waals surface area (Å²) in [5, 5.41) is 13.8. The van der Waals surface area contributed by atoms with Crippen molar-refractivity contribution < 1.29 is 14.7 Å². The first-order valence-corrected chi connectivity index (χ1v) is 7.39. The van der Waals surface area contributed by atoms with E-state index in [4.69, 9.17) is 5.11 Å². The highest BCUT2D eigenvalue weighted by Crippen LogP contribution is 2.15. The van der Waals surface area contributed by atoms with Crippen molar-refractivity contribution in [1.82, 2.24) is 5.32 Å². The minimum Gasteiger partial charge on any atom is -0.480 e. The smallest absolute Gasteiger partial charge is 0.326 e. The van der Waals surface area contributed by atoms with Crippen molar-refractivity contribution in [1.29, 1.82) is 0 Å². The van der Waals surface area contributed by atoms with E-state index in [9.17, 15) is 9.59 Å². The normalized spacial score (nSPS) is 15.5. The highest BCUT2D eigenvalue weighted by atomic mass is 32.1. The third-order valence-electron chi connectivity index (χ3n) is 3.31. The monoisotopic (exact) mass is 283 g/mol. The molecule has 0 unspecified atom stereocenters. The highest BCUT2D eigenvalue weighted by molar-refractivity contribution is 7.09. The number of hydrogen-bond acceptors (Lipinski definition) is 3. The fourth-order valence-corrected chi connectivity index (χ4v) is 2.64. The van der Waals surface area contributed by atoms with Gasteiger partial charge in [0, 0.05) is 10.8 Å². The molecule has 1 amide bonds. The van der Waals surface area contributed by atoms with Crippen molar-refractivity contribution in [2.75, 3.05) is 0 Å². The van der Waals surface area contributed by atoms with Gasteiger partial charge in [-0.05, 0) is 23.8 Å². The molecule has 106 valence electrons. The van der Waals surface area contributed by atoms with Gasteiger partial charge in [0.1, 0.15) is 6.04 Å². The first-order chi connectivity index (χ1) is 8.95. The van der Waals surface area contributed by atoms with E-state index >= 15 is 0 Å². The summed E-state index contributed by atoms with van der Waals surface area (Å²) in [6.45, 7) is 5.58. The predicted octanol–water partition coefficient (Wildman–Crippen LogP) is 2.54. The molecule has 0 spiro atoms. The van der Waals surface area contributed by atoms with Crippen LogP contribution in [0.25, 0.3) is 0 Å². The SMILES string of the molecule is CC[C@H](C)[C@H](NC(=O)[C@H](C)Cc1cccs1)C(=O)O. The van der Waals surface area contributed by atoms with Crippen molar-refractivity contribution in [3.8, 4) is 0 Å². The second-order valence-electron chi connectivity index (χ2n) is 4.89. The molecule has 19 heavy (non-hydrogen) atoms. The summed E-state index contributed by atoms with van der Waals surface area (Å²) in [7, 11) is 0. The summed E-state index contributed by atoms with van der Waals surface area (Å²) in [6.07, 6.45) is 1.37. The molecule has 0 aliphatic rings. The van der Waals surface area contributed by atoms with Crippen LogP contribution < -0.4 is 5.32 Å². The summed E-state index contributed by atoms with van der Waals surface area (Å²) in [5.74, 6) is -1.45. The maximum atomic E-state index is 12.0. The van der Waals surface area contributed by atoms with Gasteiger partial charge in [0.05, 0.1) is 0 Å². The predicted molar refractivity (Wildman–Crippen MR) is 76.2 cm³/mol. The standard InChI is InChI=1S/C14H21NO3S/c1-4-9(2)12(14(17)18)15-13(16)10(3)8-11-6-5-7-19-11/h5-7,9-10,12H,4,8H2,1-3H3,(H,15,16)(H,17,18)/t9-,10+,12-/m0/s1. The third kappa shape index (κ3) is 4.67. The van der Waals surface area contributed by atoms with Gasteiger partial charge in [0.25, 0.3) is 0 Å². The maximum absolute atomic E-state index is 12.0. The molecular weight excluding hydrogens is 262 g/mol. The number of thiophene rings is 1. The van der Waals surface area contributed by atoms with Crippen LogP contribution in [0.5, 0.6) is 0 Å². The van der Waals surface area contributed by atoms with Crippen molar-refractivity contribution in [3.63, 3.8) is 0 Å². The van der Waals surface area contributed by atoms with Gasteiger partial charge in [0.2, 0.25) is 5.91 Å². The van der Waals surface area contributed by atoms with Crippen LogP contribution in [0.4, 0.5) is 0 Å². The zero-order valence-electron chi connectivity index (χ0n) is 11.6. The van der Waals surface area contributed by atoms with Gasteiger partial charge < -0.3 is 10.4 Å². The topological polar surface area (TPSA) is 66.4 Å². The molecule has 0 fully saturated rings. The molecule has 1 aromatic rings. The molecule has 0 bridgehead atoms. The molecule has 0 radical (unpaired) electrons. The fourth-order valence-electron chi connectivity index (χ4n) is 1.80. The molecule has 4 nitrogen and oxygen atoms in total. The second kappa shape index (κ2) is 7.28. The molecule has 5 heteroatoms. The first kappa shape index (κ1) is 15.7. The number of hydrogen-bond donors (Lipinski definition) is 2. The molecular formula is C14H21NO3S. The molecule has 0 saturated carbocycles.